The highest BCUT2D eigenvalue weighted by molar-refractivity contribution is 7.89. The van der Waals surface area contributed by atoms with E-state index in [4.69, 9.17) is 10.8 Å². The Morgan fingerprint density at radius 3 is 2.58 bits per heavy atom. The molecule has 0 aliphatic rings. The molecular weight excluding hydrogens is 292 g/mol. The molecule has 1 heterocycles. The lowest BCUT2D eigenvalue weighted by Crippen LogP contribution is -2.26. The van der Waals surface area contributed by atoms with Crippen molar-refractivity contribution in [2.45, 2.75) is 24.7 Å². The smallest absolute Gasteiger partial charge is 0.345 e. The van der Waals surface area contributed by atoms with Crippen LogP contribution in [0.4, 0.5) is 0 Å². The minimum absolute atomic E-state index is 0.0324. The van der Waals surface area contributed by atoms with Crippen LogP contribution in [0, 0.1) is 6.92 Å². The van der Waals surface area contributed by atoms with E-state index in [-0.39, 0.29) is 22.7 Å². The molecule has 0 aliphatic heterocycles. The summed E-state index contributed by atoms with van der Waals surface area (Å²) < 4.78 is 26.1. The van der Waals surface area contributed by atoms with Gasteiger partial charge in [-0.2, -0.15) is 0 Å². The number of carboxylic acids is 1. The number of primary amides is 1. The lowest BCUT2D eigenvalue weighted by atomic mass is 10.3. The third-order valence-corrected chi connectivity index (χ3v) is 5.02. The maximum atomic E-state index is 11.9. The summed E-state index contributed by atoms with van der Waals surface area (Å²) in [7, 11) is -3.76. The molecule has 0 aliphatic carbocycles. The lowest BCUT2D eigenvalue weighted by molar-refractivity contribution is -0.118. The van der Waals surface area contributed by atoms with Crippen molar-refractivity contribution in [1.82, 2.24) is 4.72 Å². The van der Waals surface area contributed by atoms with Gasteiger partial charge in [0.25, 0.3) is 0 Å². The first kappa shape index (κ1) is 15.6. The number of carboxylic acid groups (broad SMARTS) is 1. The number of amides is 1. The molecule has 0 radical (unpaired) electrons. The average Bonchev–Trinajstić information content (AvgIpc) is 2.67. The summed E-state index contributed by atoms with van der Waals surface area (Å²) in [5.74, 6) is -1.66. The topological polar surface area (TPSA) is 127 Å². The standard InChI is InChI=1S/C10H14N2O5S2/c1-6-8(5-7(18-6)10(14)15)19(16,17)12-4-2-3-9(11)13/h5,12H,2-4H2,1H3,(H2,11,13)(H,14,15). The number of thiophene rings is 1. The van der Waals surface area contributed by atoms with E-state index < -0.39 is 21.9 Å². The number of carbonyl (C=O) groups excluding carboxylic acids is 1. The fourth-order valence-corrected chi connectivity index (χ4v) is 3.89. The fourth-order valence-electron chi connectivity index (χ4n) is 1.38. The van der Waals surface area contributed by atoms with Crippen LogP contribution in [0.25, 0.3) is 0 Å². The zero-order valence-corrected chi connectivity index (χ0v) is 11.8. The van der Waals surface area contributed by atoms with E-state index in [0.717, 1.165) is 17.4 Å². The molecule has 0 saturated carbocycles. The number of aryl methyl sites for hydroxylation is 1. The SMILES string of the molecule is Cc1sc(C(=O)O)cc1S(=O)(=O)NCCCC(N)=O. The lowest BCUT2D eigenvalue weighted by Gasteiger charge is -2.05. The minimum Gasteiger partial charge on any atom is -0.477 e. The van der Waals surface area contributed by atoms with Crippen molar-refractivity contribution < 1.29 is 23.1 Å². The zero-order chi connectivity index (χ0) is 14.6. The van der Waals surface area contributed by atoms with Crippen LogP contribution in [0.1, 0.15) is 27.4 Å². The van der Waals surface area contributed by atoms with E-state index in [0.29, 0.717) is 11.3 Å². The Labute approximate surface area is 114 Å². The third-order valence-electron chi connectivity index (χ3n) is 2.26. The normalized spacial score (nSPS) is 11.4. The molecule has 4 N–H and O–H groups in total. The molecule has 0 atom stereocenters. The van der Waals surface area contributed by atoms with Gasteiger partial charge in [0, 0.05) is 17.8 Å². The second kappa shape index (κ2) is 6.13. The third kappa shape index (κ3) is 4.30. The van der Waals surface area contributed by atoms with Gasteiger partial charge in [-0.25, -0.2) is 17.9 Å². The summed E-state index contributed by atoms with van der Waals surface area (Å²) >= 11 is 0.901. The maximum absolute atomic E-state index is 11.9. The van der Waals surface area contributed by atoms with E-state index >= 15 is 0 Å². The van der Waals surface area contributed by atoms with Crippen molar-refractivity contribution in [1.29, 1.82) is 0 Å². The molecule has 0 bridgehead atoms. The van der Waals surface area contributed by atoms with Crippen molar-refractivity contribution >= 4 is 33.2 Å². The molecule has 7 nitrogen and oxygen atoms in total. The molecular formula is C10H14N2O5S2. The van der Waals surface area contributed by atoms with Crippen LogP contribution in [0.15, 0.2) is 11.0 Å². The Kier molecular flexibility index (Phi) is 5.04. The Bertz CT molecular complexity index is 591. The maximum Gasteiger partial charge on any atom is 0.345 e. The van der Waals surface area contributed by atoms with E-state index in [1.54, 1.807) is 0 Å². The van der Waals surface area contributed by atoms with Crippen molar-refractivity contribution in [2.75, 3.05) is 6.54 Å². The predicted molar refractivity (Wildman–Crippen MR) is 69.6 cm³/mol. The van der Waals surface area contributed by atoms with Gasteiger partial charge in [-0.05, 0) is 19.4 Å². The number of sulfonamides is 1. The Morgan fingerprint density at radius 2 is 2.11 bits per heavy atom. The van der Waals surface area contributed by atoms with Crippen molar-refractivity contribution in [3.8, 4) is 0 Å². The quantitative estimate of drug-likeness (QED) is 0.624. The summed E-state index contributed by atoms with van der Waals surface area (Å²) in [4.78, 5) is 21.6. The summed E-state index contributed by atoms with van der Waals surface area (Å²) in [6, 6.07) is 1.12. The van der Waals surface area contributed by atoms with Crippen LogP contribution in [0.3, 0.4) is 0 Å². The molecule has 0 aromatic carbocycles. The Morgan fingerprint density at radius 1 is 1.47 bits per heavy atom. The molecule has 1 aromatic heterocycles. The van der Waals surface area contributed by atoms with Gasteiger partial charge in [0.15, 0.2) is 0 Å². The van der Waals surface area contributed by atoms with Gasteiger partial charge in [0.1, 0.15) is 4.88 Å². The van der Waals surface area contributed by atoms with Crippen LogP contribution in [-0.4, -0.2) is 31.9 Å². The number of nitrogens with two attached hydrogens (primary N) is 1. The molecule has 1 aromatic rings. The van der Waals surface area contributed by atoms with Gasteiger partial charge >= 0.3 is 5.97 Å². The van der Waals surface area contributed by atoms with Crippen molar-refractivity contribution in [2.24, 2.45) is 5.73 Å². The molecule has 0 unspecified atom stereocenters. The van der Waals surface area contributed by atoms with Crippen LogP contribution >= 0.6 is 11.3 Å². The van der Waals surface area contributed by atoms with Gasteiger partial charge in [-0.3, -0.25) is 4.79 Å². The summed E-state index contributed by atoms with van der Waals surface area (Å²) in [5, 5.41) is 8.81. The van der Waals surface area contributed by atoms with Gasteiger partial charge in [0.05, 0.1) is 4.90 Å². The highest BCUT2D eigenvalue weighted by Crippen LogP contribution is 2.25. The number of aromatic carboxylic acids is 1. The first-order valence-corrected chi connectivity index (χ1v) is 7.65. The molecule has 0 fully saturated rings. The van der Waals surface area contributed by atoms with Gasteiger partial charge in [-0.15, -0.1) is 11.3 Å². The molecule has 9 heteroatoms. The van der Waals surface area contributed by atoms with Gasteiger partial charge in [-0.1, -0.05) is 0 Å². The Balaban J connectivity index is 2.77. The van der Waals surface area contributed by atoms with Crippen LogP contribution < -0.4 is 10.5 Å². The largest absolute Gasteiger partial charge is 0.477 e. The van der Waals surface area contributed by atoms with E-state index in [9.17, 15) is 18.0 Å². The molecule has 106 valence electrons. The summed E-state index contributed by atoms with van der Waals surface area (Å²) in [6.07, 6.45) is 0.384. The van der Waals surface area contributed by atoms with Crippen molar-refractivity contribution in [3.05, 3.63) is 15.8 Å². The number of hydrogen-bond acceptors (Lipinski definition) is 5. The Hall–Kier alpha value is -1.45. The highest BCUT2D eigenvalue weighted by atomic mass is 32.2. The van der Waals surface area contributed by atoms with E-state index in [1.807, 2.05) is 0 Å². The number of rotatable bonds is 7. The fraction of sp³-hybridized carbons (Fsp3) is 0.400. The number of hydrogen-bond donors (Lipinski definition) is 3. The predicted octanol–water partition coefficient (Wildman–Crippen LogP) is 0.299. The van der Waals surface area contributed by atoms with E-state index in [1.165, 1.54) is 6.92 Å². The highest BCUT2D eigenvalue weighted by Gasteiger charge is 2.21. The molecule has 1 amide bonds. The molecule has 19 heavy (non-hydrogen) atoms. The minimum atomic E-state index is -3.76. The first-order chi connectivity index (χ1) is 8.74. The van der Waals surface area contributed by atoms with Gasteiger partial charge in [0.2, 0.25) is 15.9 Å². The second-order valence-electron chi connectivity index (χ2n) is 3.80. The first-order valence-electron chi connectivity index (χ1n) is 5.35. The number of carbonyl (C=O) groups is 2. The molecule has 1 rings (SSSR count). The second-order valence-corrected chi connectivity index (χ2v) is 6.80. The average molecular weight is 306 g/mol. The van der Waals surface area contributed by atoms with Crippen LogP contribution in [-0.2, 0) is 14.8 Å². The molecule has 0 spiro atoms. The number of nitrogens with one attached hydrogen (secondary N) is 1. The monoisotopic (exact) mass is 306 g/mol. The van der Waals surface area contributed by atoms with Crippen LogP contribution in [0.2, 0.25) is 0 Å². The van der Waals surface area contributed by atoms with Crippen LogP contribution in [0.5, 0.6) is 0 Å². The van der Waals surface area contributed by atoms with Crippen molar-refractivity contribution in [3.63, 3.8) is 0 Å². The van der Waals surface area contributed by atoms with Gasteiger partial charge < -0.3 is 10.8 Å². The zero-order valence-electron chi connectivity index (χ0n) is 10.2. The summed E-state index contributed by atoms with van der Waals surface area (Å²) in [6.45, 7) is 1.61. The molecule has 0 saturated heterocycles. The van der Waals surface area contributed by atoms with E-state index in [2.05, 4.69) is 4.72 Å². The summed E-state index contributed by atoms with van der Waals surface area (Å²) in [5.41, 5.74) is 4.93.